The molecule has 0 spiro atoms. The highest BCUT2D eigenvalue weighted by Crippen LogP contribution is 2.21. The number of halogens is 1. The highest BCUT2D eigenvalue weighted by molar-refractivity contribution is 6.31. The van der Waals surface area contributed by atoms with Crippen molar-refractivity contribution in [1.29, 1.82) is 0 Å². The van der Waals surface area contributed by atoms with Gasteiger partial charge in [0.1, 0.15) is 5.15 Å². The Morgan fingerprint density at radius 2 is 2.04 bits per heavy atom. The summed E-state index contributed by atoms with van der Waals surface area (Å²) >= 11 is 6.31. The second-order valence-electron chi connectivity index (χ2n) is 6.07. The molecule has 1 aromatic heterocycles. The number of aryl methyl sites for hydroxylation is 2. The van der Waals surface area contributed by atoms with E-state index in [9.17, 15) is 9.59 Å². The van der Waals surface area contributed by atoms with E-state index in [1.54, 1.807) is 10.8 Å². The first kappa shape index (κ1) is 20.7. The molecule has 1 aromatic carbocycles. The van der Waals surface area contributed by atoms with Crippen LogP contribution in [0.4, 0.5) is 0 Å². The van der Waals surface area contributed by atoms with Crippen molar-refractivity contribution in [3.05, 3.63) is 58.4 Å². The third-order valence-electron chi connectivity index (χ3n) is 3.90. The lowest BCUT2D eigenvalue weighted by atomic mass is 10.2. The van der Waals surface area contributed by atoms with Gasteiger partial charge in [0.25, 0.3) is 5.91 Å². The van der Waals surface area contributed by atoms with Crippen LogP contribution in [-0.4, -0.2) is 28.3 Å². The zero-order valence-corrected chi connectivity index (χ0v) is 16.3. The van der Waals surface area contributed by atoms with Crippen LogP contribution in [0.3, 0.4) is 0 Å². The maximum atomic E-state index is 11.8. The molecule has 27 heavy (non-hydrogen) atoms. The summed E-state index contributed by atoms with van der Waals surface area (Å²) < 4.78 is 6.68. The zero-order chi connectivity index (χ0) is 19.6. The molecule has 0 radical (unpaired) electrons. The molecule has 1 heterocycles. The number of hydrogen-bond donors (Lipinski definition) is 1. The molecule has 0 fully saturated rings. The van der Waals surface area contributed by atoms with Crippen molar-refractivity contribution in [1.82, 2.24) is 15.1 Å². The Balaban J connectivity index is 1.81. The van der Waals surface area contributed by atoms with Crippen molar-refractivity contribution in [2.45, 2.75) is 39.8 Å². The number of nitrogens with one attached hydrogen (secondary N) is 1. The third-order valence-corrected chi connectivity index (χ3v) is 4.30. The first-order valence-electron chi connectivity index (χ1n) is 8.89. The van der Waals surface area contributed by atoms with E-state index < -0.39 is 5.97 Å². The van der Waals surface area contributed by atoms with Gasteiger partial charge in [-0.2, -0.15) is 5.10 Å². The number of rotatable bonds is 9. The molecule has 0 saturated heterocycles. The van der Waals surface area contributed by atoms with E-state index in [4.69, 9.17) is 16.3 Å². The summed E-state index contributed by atoms with van der Waals surface area (Å²) in [5, 5.41) is 7.56. The van der Waals surface area contributed by atoms with Gasteiger partial charge in [-0.1, -0.05) is 55.3 Å². The van der Waals surface area contributed by atoms with Crippen LogP contribution in [0.1, 0.15) is 36.6 Å². The van der Waals surface area contributed by atoms with Gasteiger partial charge >= 0.3 is 5.97 Å². The Morgan fingerprint density at radius 3 is 2.74 bits per heavy atom. The van der Waals surface area contributed by atoms with Gasteiger partial charge < -0.3 is 10.1 Å². The minimum atomic E-state index is -0.610. The minimum absolute atomic E-state index is 0.335. The molecule has 2 rings (SSSR count). The molecule has 2 aromatic rings. The molecule has 0 bridgehead atoms. The fraction of sp³-hybridized carbons (Fsp3) is 0.350. The number of benzene rings is 1. The van der Waals surface area contributed by atoms with Crippen molar-refractivity contribution in [2.24, 2.45) is 0 Å². The highest BCUT2D eigenvalue weighted by atomic mass is 35.5. The fourth-order valence-electron chi connectivity index (χ4n) is 2.40. The van der Waals surface area contributed by atoms with Gasteiger partial charge in [-0.05, 0) is 25.0 Å². The maximum absolute atomic E-state index is 11.8. The van der Waals surface area contributed by atoms with Gasteiger partial charge in [0.2, 0.25) is 0 Å². The lowest BCUT2D eigenvalue weighted by Gasteiger charge is -2.05. The Labute approximate surface area is 164 Å². The van der Waals surface area contributed by atoms with Crippen LogP contribution >= 0.6 is 11.6 Å². The van der Waals surface area contributed by atoms with Crippen molar-refractivity contribution in [2.75, 3.05) is 6.61 Å². The average Bonchev–Trinajstić information content (AvgIpc) is 2.95. The Bertz CT molecular complexity index is 800. The molecular formula is C20H24ClN3O3. The number of esters is 1. The average molecular weight is 390 g/mol. The van der Waals surface area contributed by atoms with E-state index in [-0.39, 0.29) is 12.5 Å². The Hall–Kier alpha value is -2.60. The van der Waals surface area contributed by atoms with Gasteiger partial charge in [0, 0.05) is 24.7 Å². The molecule has 0 aliphatic rings. The molecule has 0 aliphatic heterocycles. The lowest BCUT2D eigenvalue weighted by molar-refractivity contribution is -0.143. The van der Waals surface area contributed by atoms with Crippen molar-refractivity contribution in [3.63, 3.8) is 0 Å². The summed E-state index contributed by atoms with van der Waals surface area (Å²) in [6.45, 7) is 4.71. The lowest BCUT2D eigenvalue weighted by Crippen LogP contribution is -2.28. The summed E-state index contributed by atoms with van der Waals surface area (Å²) in [7, 11) is 0. The van der Waals surface area contributed by atoms with E-state index in [0.29, 0.717) is 17.3 Å². The monoisotopic (exact) mass is 389 g/mol. The molecule has 7 heteroatoms. The second-order valence-corrected chi connectivity index (χ2v) is 6.43. The standard InChI is InChI=1S/C20H24ClN3O3/c1-3-4-12-24-20(21)17(15(2)23-24)10-11-19(26)27-14-18(25)22-13-16-8-6-5-7-9-16/h5-11H,3-4,12-14H2,1-2H3,(H,22,25)/b11-10+. The SMILES string of the molecule is CCCCn1nc(C)c(/C=C/C(=O)OCC(=O)NCc2ccccc2)c1Cl. The quantitative estimate of drug-likeness (QED) is 0.526. The van der Waals surface area contributed by atoms with Crippen LogP contribution in [0.15, 0.2) is 36.4 Å². The third kappa shape index (κ3) is 6.57. The van der Waals surface area contributed by atoms with E-state index in [0.717, 1.165) is 30.6 Å². The van der Waals surface area contributed by atoms with E-state index in [1.165, 1.54) is 6.08 Å². The summed E-state index contributed by atoms with van der Waals surface area (Å²) in [6.07, 6.45) is 4.84. The second kappa shape index (κ2) is 10.5. The van der Waals surface area contributed by atoms with Gasteiger partial charge in [-0.25, -0.2) is 4.79 Å². The van der Waals surface area contributed by atoms with Gasteiger partial charge in [-0.3, -0.25) is 9.48 Å². The molecule has 1 N–H and O–H groups in total. The predicted octanol–water partition coefficient (Wildman–Crippen LogP) is 3.52. The molecule has 0 atom stereocenters. The normalized spacial score (nSPS) is 10.9. The van der Waals surface area contributed by atoms with Crippen LogP contribution in [0.2, 0.25) is 5.15 Å². The fourth-order valence-corrected chi connectivity index (χ4v) is 2.72. The van der Waals surface area contributed by atoms with Gasteiger partial charge in [0.15, 0.2) is 6.61 Å². The van der Waals surface area contributed by atoms with Crippen molar-refractivity contribution >= 4 is 29.6 Å². The number of aromatic nitrogens is 2. The Kier molecular flexibility index (Phi) is 8.07. The number of carbonyl (C=O) groups is 2. The summed E-state index contributed by atoms with van der Waals surface area (Å²) in [4.78, 5) is 23.6. The molecule has 1 amide bonds. The summed E-state index contributed by atoms with van der Waals surface area (Å²) in [5.74, 6) is -0.969. The topological polar surface area (TPSA) is 73.2 Å². The van der Waals surface area contributed by atoms with Crippen LogP contribution in [0, 0.1) is 6.92 Å². The first-order chi connectivity index (χ1) is 13.0. The first-order valence-corrected chi connectivity index (χ1v) is 9.27. The predicted molar refractivity (Wildman–Crippen MR) is 105 cm³/mol. The zero-order valence-electron chi connectivity index (χ0n) is 15.6. The maximum Gasteiger partial charge on any atom is 0.331 e. The molecule has 144 valence electrons. The molecule has 0 unspecified atom stereocenters. The summed E-state index contributed by atoms with van der Waals surface area (Å²) in [5.41, 5.74) is 2.39. The van der Waals surface area contributed by atoms with E-state index in [2.05, 4.69) is 17.3 Å². The number of unbranched alkanes of at least 4 members (excludes halogenated alkanes) is 1. The van der Waals surface area contributed by atoms with E-state index >= 15 is 0 Å². The number of carbonyl (C=O) groups excluding carboxylic acids is 2. The number of amides is 1. The summed E-state index contributed by atoms with van der Waals surface area (Å²) in [6, 6.07) is 9.50. The van der Waals surface area contributed by atoms with Crippen LogP contribution in [0.25, 0.3) is 6.08 Å². The van der Waals surface area contributed by atoms with E-state index in [1.807, 2.05) is 37.3 Å². The van der Waals surface area contributed by atoms with Crippen molar-refractivity contribution < 1.29 is 14.3 Å². The van der Waals surface area contributed by atoms with Crippen LogP contribution in [0.5, 0.6) is 0 Å². The molecule has 0 saturated carbocycles. The number of ether oxygens (including phenoxy) is 1. The number of hydrogen-bond acceptors (Lipinski definition) is 4. The highest BCUT2D eigenvalue weighted by Gasteiger charge is 2.11. The van der Waals surface area contributed by atoms with Crippen molar-refractivity contribution in [3.8, 4) is 0 Å². The molecule has 0 aliphatic carbocycles. The van der Waals surface area contributed by atoms with Crippen LogP contribution < -0.4 is 5.32 Å². The van der Waals surface area contributed by atoms with Crippen LogP contribution in [-0.2, 0) is 27.4 Å². The largest absolute Gasteiger partial charge is 0.452 e. The Morgan fingerprint density at radius 1 is 1.30 bits per heavy atom. The minimum Gasteiger partial charge on any atom is -0.452 e. The number of nitrogens with zero attached hydrogens (tertiary/aromatic N) is 2. The van der Waals surface area contributed by atoms with Gasteiger partial charge in [0.05, 0.1) is 5.69 Å². The smallest absolute Gasteiger partial charge is 0.331 e. The van der Waals surface area contributed by atoms with Gasteiger partial charge in [-0.15, -0.1) is 0 Å². The molecular weight excluding hydrogens is 366 g/mol. The molecule has 6 nitrogen and oxygen atoms in total.